The summed E-state index contributed by atoms with van der Waals surface area (Å²) in [5, 5.41) is 3.02. The van der Waals surface area contributed by atoms with Crippen molar-refractivity contribution in [2.45, 2.75) is 13.0 Å². The quantitative estimate of drug-likeness (QED) is 0.899. The first-order valence-electron chi connectivity index (χ1n) is 6.01. The summed E-state index contributed by atoms with van der Waals surface area (Å²) in [6.45, 7) is 1.92. The Morgan fingerprint density at radius 3 is 2.32 bits per heavy atom. The summed E-state index contributed by atoms with van der Waals surface area (Å²) in [5.41, 5.74) is 0.806. The van der Waals surface area contributed by atoms with Gasteiger partial charge in [0.25, 0.3) is 0 Å². The highest BCUT2D eigenvalue weighted by atomic mass is 19.1. The highest BCUT2D eigenvalue weighted by Crippen LogP contribution is 2.28. The Kier molecular flexibility index (Phi) is 4.12. The standard InChI is InChI=1S/C15H15F2NO/c1-10(18-2)11-7-8-15(13(17)9-11)19-14-6-4-3-5-12(14)16/h3-10,18H,1-2H3. The maximum atomic E-state index is 13.9. The van der Waals surface area contributed by atoms with Gasteiger partial charge in [0.15, 0.2) is 23.1 Å². The molecule has 0 fully saturated rings. The molecule has 0 amide bonds. The van der Waals surface area contributed by atoms with Gasteiger partial charge in [0, 0.05) is 6.04 Å². The van der Waals surface area contributed by atoms with E-state index in [0.29, 0.717) is 0 Å². The molecule has 2 rings (SSSR count). The molecule has 1 N–H and O–H groups in total. The fourth-order valence-electron chi connectivity index (χ4n) is 1.68. The van der Waals surface area contributed by atoms with Crippen molar-refractivity contribution in [1.82, 2.24) is 5.32 Å². The number of benzene rings is 2. The van der Waals surface area contributed by atoms with Crippen molar-refractivity contribution in [2.24, 2.45) is 0 Å². The number of para-hydroxylation sites is 1. The minimum Gasteiger partial charge on any atom is -0.451 e. The van der Waals surface area contributed by atoms with Crippen molar-refractivity contribution in [2.75, 3.05) is 7.05 Å². The molecule has 0 aliphatic rings. The van der Waals surface area contributed by atoms with Crippen molar-refractivity contribution in [3.63, 3.8) is 0 Å². The van der Waals surface area contributed by atoms with Crippen LogP contribution in [-0.2, 0) is 0 Å². The Hall–Kier alpha value is -1.94. The Morgan fingerprint density at radius 2 is 1.68 bits per heavy atom. The van der Waals surface area contributed by atoms with Crippen LogP contribution in [0.25, 0.3) is 0 Å². The molecule has 0 saturated heterocycles. The maximum Gasteiger partial charge on any atom is 0.166 e. The third-order valence-corrected chi connectivity index (χ3v) is 2.95. The van der Waals surface area contributed by atoms with Crippen molar-refractivity contribution in [3.8, 4) is 11.5 Å². The largest absolute Gasteiger partial charge is 0.451 e. The van der Waals surface area contributed by atoms with Gasteiger partial charge in [0.1, 0.15) is 0 Å². The number of rotatable bonds is 4. The van der Waals surface area contributed by atoms with Gasteiger partial charge in [-0.05, 0) is 43.8 Å². The molecule has 2 nitrogen and oxygen atoms in total. The van der Waals surface area contributed by atoms with Crippen LogP contribution in [0, 0.1) is 11.6 Å². The van der Waals surface area contributed by atoms with Crippen LogP contribution in [0.4, 0.5) is 8.78 Å². The lowest BCUT2D eigenvalue weighted by Crippen LogP contribution is -2.12. The molecule has 0 radical (unpaired) electrons. The predicted molar refractivity (Wildman–Crippen MR) is 70.3 cm³/mol. The van der Waals surface area contributed by atoms with Crippen molar-refractivity contribution in [1.29, 1.82) is 0 Å². The molecular weight excluding hydrogens is 248 g/mol. The van der Waals surface area contributed by atoms with E-state index < -0.39 is 11.6 Å². The topological polar surface area (TPSA) is 21.3 Å². The Bertz CT molecular complexity index is 572. The highest BCUT2D eigenvalue weighted by Gasteiger charge is 2.11. The number of hydrogen-bond donors (Lipinski definition) is 1. The van der Waals surface area contributed by atoms with Crippen molar-refractivity contribution >= 4 is 0 Å². The number of halogens is 2. The molecule has 0 aromatic heterocycles. The first-order chi connectivity index (χ1) is 9.11. The normalized spacial score (nSPS) is 12.2. The molecule has 0 aliphatic carbocycles. The fraction of sp³-hybridized carbons (Fsp3) is 0.200. The molecule has 0 saturated carbocycles. The van der Waals surface area contributed by atoms with E-state index in [2.05, 4.69) is 5.32 Å². The Morgan fingerprint density at radius 1 is 1.00 bits per heavy atom. The molecule has 1 atom stereocenters. The van der Waals surface area contributed by atoms with Crippen LogP contribution in [0.5, 0.6) is 11.5 Å². The lowest BCUT2D eigenvalue weighted by Gasteiger charge is -2.13. The van der Waals surface area contributed by atoms with Gasteiger partial charge in [-0.25, -0.2) is 8.78 Å². The Balaban J connectivity index is 2.25. The van der Waals surface area contributed by atoms with E-state index in [4.69, 9.17) is 4.74 Å². The molecule has 4 heteroatoms. The SMILES string of the molecule is CNC(C)c1ccc(Oc2ccccc2F)c(F)c1. The molecule has 0 bridgehead atoms. The highest BCUT2D eigenvalue weighted by molar-refractivity contribution is 5.35. The van der Waals surface area contributed by atoms with Gasteiger partial charge in [-0.3, -0.25) is 0 Å². The van der Waals surface area contributed by atoms with Crippen LogP contribution in [-0.4, -0.2) is 7.05 Å². The zero-order valence-electron chi connectivity index (χ0n) is 10.8. The molecule has 0 heterocycles. The number of hydrogen-bond acceptors (Lipinski definition) is 2. The van der Waals surface area contributed by atoms with Gasteiger partial charge in [-0.1, -0.05) is 18.2 Å². The minimum atomic E-state index is -0.519. The molecule has 0 aliphatic heterocycles. The zero-order chi connectivity index (χ0) is 13.8. The van der Waals surface area contributed by atoms with E-state index in [0.717, 1.165) is 5.56 Å². The van der Waals surface area contributed by atoms with Crippen LogP contribution in [0.15, 0.2) is 42.5 Å². The van der Waals surface area contributed by atoms with Crippen LogP contribution in [0.2, 0.25) is 0 Å². The third-order valence-electron chi connectivity index (χ3n) is 2.95. The van der Waals surface area contributed by atoms with Crippen molar-refractivity contribution < 1.29 is 13.5 Å². The minimum absolute atomic E-state index is 0.0100. The average Bonchev–Trinajstić information content (AvgIpc) is 2.42. The second-order valence-electron chi connectivity index (χ2n) is 4.23. The number of nitrogens with one attached hydrogen (secondary N) is 1. The van der Waals surface area contributed by atoms with Gasteiger partial charge in [-0.15, -0.1) is 0 Å². The van der Waals surface area contributed by atoms with Gasteiger partial charge in [0.05, 0.1) is 0 Å². The van der Waals surface area contributed by atoms with E-state index >= 15 is 0 Å². The van der Waals surface area contributed by atoms with E-state index in [1.54, 1.807) is 25.2 Å². The van der Waals surface area contributed by atoms with Crippen LogP contribution in [0.1, 0.15) is 18.5 Å². The van der Waals surface area contributed by atoms with E-state index in [9.17, 15) is 8.78 Å². The van der Waals surface area contributed by atoms with E-state index in [1.165, 1.54) is 24.3 Å². The lowest BCUT2D eigenvalue weighted by atomic mass is 10.1. The predicted octanol–water partition coefficient (Wildman–Crippen LogP) is 4.04. The van der Waals surface area contributed by atoms with E-state index in [-0.39, 0.29) is 17.5 Å². The average molecular weight is 263 g/mol. The molecule has 1 unspecified atom stereocenters. The lowest BCUT2D eigenvalue weighted by molar-refractivity contribution is 0.414. The van der Waals surface area contributed by atoms with Crippen LogP contribution >= 0.6 is 0 Å². The summed E-state index contributed by atoms with van der Waals surface area (Å²) in [6.07, 6.45) is 0. The van der Waals surface area contributed by atoms with Gasteiger partial charge < -0.3 is 10.1 Å². The van der Waals surface area contributed by atoms with Gasteiger partial charge >= 0.3 is 0 Å². The first kappa shape index (κ1) is 13.5. The summed E-state index contributed by atoms with van der Waals surface area (Å²) >= 11 is 0. The number of ether oxygens (including phenoxy) is 1. The van der Waals surface area contributed by atoms with Gasteiger partial charge in [-0.2, -0.15) is 0 Å². The molecule has 2 aromatic rings. The summed E-state index contributed by atoms with van der Waals surface area (Å²) in [6, 6.07) is 10.6. The Labute approximate surface area is 111 Å². The first-order valence-corrected chi connectivity index (χ1v) is 6.01. The summed E-state index contributed by atoms with van der Waals surface area (Å²) < 4.78 is 32.5. The zero-order valence-corrected chi connectivity index (χ0v) is 10.8. The summed E-state index contributed by atoms with van der Waals surface area (Å²) in [4.78, 5) is 0. The summed E-state index contributed by atoms with van der Waals surface area (Å²) in [5.74, 6) is -1.01. The van der Waals surface area contributed by atoms with Crippen LogP contribution < -0.4 is 10.1 Å². The van der Waals surface area contributed by atoms with Crippen LogP contribution in [0.3, 0.4) is 0 Å². The molecule has 0 spiro atoms. The summed E-state index contributed by atoms with van der Waals surface area (Å²) in [7, 11) is 1.80. The second-order valence-corrected chi connectivity index (χ2v) is 4.23. The second kappa shape index (κ2) is 5.80. The molecule has 100 valence electrons. The van der Waals surface area contributed by atoms with Gasteiger partial charge in [0.2, 0.25) is 0 Å². The van der Waals surface area contributed by atoms with Crippen molar-refractivity contribution in [3.05, 3.63) is 59.7 Å². The third kappa shape index (κ3) is 3.09. The molecular formula is C15H15F2NO. The van der Waals surface area contributed by atoms with E-state index in [1.807, 2.05) is 6.92 Å². The smallest absolute Gasteiger partial charge is 0.166 e. The molecule has 2 aromatic carbocycles. The monoisotopic (exact) mass is 263 g/mol. The molecule has 19 heavy (non-hydrogen) atoms. The maximum absolute atomic E-state index is 13.9. The fourth-order valence-corrected chi connectivity index (χ4v) is 1.68.